The van der Waals surface area contributed by atoms with Crippen LogP contribution in [-0.2, 0) is 23.9 Å². The number of rotatable bonds is 6. The van der Waals surface area contributed by atoms with Gasteiger partial charge in [-0.3, -0.25) is 14.4 Å². The van der Waals surface area contributed by atoms with Crippen molar-refractivity contribution in [3.8, 4) is 0 Å². The van der Waals surface area contributed by atoms with Crippen molar-refractivity contribution < 1.29 is 23.9 Å². The molecule has 19 heavy (non-hydrogen) atoms. The third-order valence-corrected chi connectivity index (χ3v) is 3.76. The molecule has 0 aromatic carbocycles. The van der Waals surface area contributed by atoms with Crippen LogP contribution in [0.5, 0.6) is 0 Å². The van der Waals surface area contributed by atoms with Crippen molar-refractivity contribution in [3.05, 3.63) is 0 Å². The Morgan fingerprint density at radius 3 is 1.79 bits per heavy atom. The summed E-state index contributed by atoms with van der Waals surface area (Å²) in [5, 5.41) is 0. The average Bonchev–Trinajstić information content (AvgIpc) is 2.44. The largest absolute Gasteiger partial charge is 0.469 e. The van der Waals surface area contributed by atoms with E-state index in [1.807, 2.05) is 0 Å². The molecule has 0 N–H and O–H groups in total. The summed E-state index contributed by atoms with van der Waals surface area (Å²) in [4.78, 5) is 34.4. The van der Waals surface area contributed by atoms with E-state index in [1.54, 1.807) is 0 Å². The molecule has 1 aliphatic carbocycles. The molecular formula is C14H22O5. The Morgan fingerprint density at radius 1 is 1.00 bits per heavy atom. The molecule has 0 aromatic heterocycles. The van der Waals surface area contributed by atoms with E-state index in [0.29, 0.717) is 12.8 Å². The molecule has 0 heterocycles. The normalized spacial score (nSPS) is 22.9. The number of carbonyl (C=O) groups excluding carboxylic acids is 3. The van der Waals surface area contributed by atoms with E-state index >= 15 is 0 Å². The fourth-order valence-corrected chi connectivity index (χ4v) is 2.59. The molecule has 1 saturated carbocycles. The summed E-state index contributed by atoms with van der Waals surface area (Å²) < 4.78 is 9.17. The van der Waals surface area contributed by atoms with Crippen LogP contribution in [0.2, 0.25) is 0 Å². The van der Waals surface area contributed by atoms with Gasteiger partial charge in [0.25, 0.3) is 0 Å². The summed E-state index contributed by atoms with van der Waals surface area (Å²) in [6.07, 6.45) is 4.34. The van der Waals surface area contributed by atoms with Crippen LogP contribution >= 0.6 is 0 Å². The fraction of sp³-hybridized carbons (Fsp3) is 0.786. The molecule has 5 nitrogen and oxygen atoms in total. The van der Waals surface area contributed by atoms with Crippen molar-refractivity contribution in [3.63, 3.8) is 0 Å². The number of hydrogen-bond donors (Lipinski definition) is 0. The first-order valence-corrected chi connectivity index (χ1v) is 6.75. The summed E-state index contributed by atoms with van der Waals surface area (Å²) in [7, 11) is 2.70. The van der Waals surface area contributed by atoms with Gasteiger partial charge in [-0.15, -0.1) is 0 Å². The van der Waals surface area contributed by atoms with Crippen LogP contribution in [0.1, 0.15) is 44.9 Å². The molecule has 0 bridgehead atoms. The molecule has 0 radical (unpaired) electrons. The second-order valence-corrected chi connectivity index (χ2v) is 4.96. The quantitative estimate of drug-likeness (QED) is 0.689. The van der Waals surface area contributed by atoms with Gasteiger partial charge in [-0.25, -0.2) is 0 Å². The Balaban J connectivity index is 2.41. The number of hydrogen-bond acceptors (Lipinski definition) is 5. The molecular weight excluding hydrogens is 248 g/mol. The van der Waals surface area contributed by atoms with Crippen molar-refractivity contribution in [2.24, 2.45) is 11.8 Å². The minimum Gasteiger partial charge on any atom is -0.469 e. The second kappa shape index (κ2) is 7.92. The second-order valence-electron chi connectivity index (χ2n) is 4.96. The molecule has 1 fully saturated rings. The Kier molecular flexibility index (Phi) is 6.53. The highest BCUT2D eigenvalue weighted by Gasteiger charge is 2.31. The molecule has 0 spiro atoms. The predicted octanol–water partition coefficient (Wildman–Crippen LogP) is 1.88. The third kappa shape index (κ3) is 5.01. The van der Waals surface area contributed by atoms with E-state index in [1.165, 1.54) is 14.2 Å². The van der Waals surface area contributed by atoms with E-state index in [-0.39, 0.29) is 42.4 Å². The lowest BCUT2D eigenvalue weighted by molar-refractivity contribution is -0.141. The highest BCUT2D eigenvalue weighted by molar-refractivity contribution is 5.85. The van der Waals surface area contributed by atoms with Crippen molar-refractivity contribution in [1.82, 2.24) is 0 Å². The maximum atomic E-state index is 12.2. The van der Waals surface area contributed by atoms with Crippen LogP contribution in [0.4, 0.5) is 0 Å². The van der Waals surface area contributed by atoms with Crippen LogP contribution in [-0.4, -0.2) is 31.9 Å². The number of carbonyl (C=O) groups is 3. The summed E-state index contributed by atoms with van der Waals surface area (Å²) >= 11 is 0. The fourth-order valence-electron chi connectivity index (χ4n) is 2.59. The molecule has 0 aromatic rings. The van der Waals surface area contributed by atoms with Gasteiger partial charge in [-0.2, -0.15) is 0 Å². The molecule has 0 saturated heterocycles. The van der Waals surface area contributed by atoms with Crippen LogP contribution in [0.15, 0.2) is 0 Å². The van der Waals surface area contributed by atoms with Gasteiger partial charge in [0.1, 0.15) is 5.78 Å². The van der Waals surface area contributed by atoms with Crippen LogP contribution in [0.3, 0.4) is 0 Å². The van der Waals surface area contributed by atoms with Crippen LogP contribution < -0.4 is 0 Å². The molecule has 1 rings (SSSR count). The summed E-state index contributed by atoms with van der Waals surface area (Å²) in [5.74, 6) is -0.473. The monoisotopic (exact) mass is 270 g/mol. The van der Waals surface area contributed by atoms with Gasteiger partial charge >= 0.3 is 11.9 Å². The van der Waals surface area contributed by atoms with Gasteiger partial charge in [0.2, 0.25) is 0 Å². The Bertz CT molecular complexity index is 307. The Hall–Kier alpha value is -1.39. The zero-order chi connectivity index (χ0) is 14.3. The average molecular weight is 270 g/mol. The SMILES string of the molecule is COC(=O)CC[C@H]1CCC[C@H](CCC(=O)OC)C1=O. The van der Waals surface area contributed by atoms with Crippen molar-refractivity contribution in [2.45, 2.75) is 44.9 Å². The van der Waals surface area contributed by atoms with E-state index in [4.69, 9.17) is 0 Å². The van der Waals surface area contributed by atoms with E-state index in [0.717, 1.165) is 19.3 Å². The first kappa shape index (κ1) is 15.7. The van der Waals surface area contributed by atoms with E-state index in [9.17, 15) is 14.4 Å². The first-order chi connectivity index (χ1) is 9.08. The number of ether oxygens (including phenoxy) is 2. The molecule has 0 unspecified atom stereocenters. The van der Waals surface area contributed by atoms with Gasteiger partial charge in [0, 0.05) is 24.7 Å². The predicted molar refractivity (Wildman–Crippen MR) is 68.3 cm³/mol. The van der Waals surface area contributed by atoms with Crippen molar-refractivity contribution in [1.29, 1.82) is 0 Å². The minimum atomic E-state index is -0.274. The maximum Gasteiger partial charge on any atom is 0.305 e. The standard InChI is InChI=1S/C14H22O5/c1-18-12(15)8-6-10-4-3-5-11(14(10)17)7-9-13(16)19-2/h10-11H,3-9H2,1-2H3/t10-,11-/m1/s1. The number of Topliss-reactive ketones (excluding diaryl/α,β-unsaturated/α-hetero) is 1. The van der Waals surface area contributed by atoms with E-state index < -0.39 is 0 Å². The first-order valence-electron chi connectivity index (χ1n) is 6.75. The molecule has 0 amide bonds. The van der Waals surface area contributed by atoms with Crippen molar-refractivity contribution in [2.75, 3.05) is 14.2 Å². The van der Waals surface area contributed by atoms with Crippen LogP contribution in [0.25, 0.3) is 0 Å². The van der Waals surface area contributed by atoms with Gasteiger partial charge in [0.05, 0.1) is 14.2 Å². The Morgan fingerprint density at radius 2 is 1.42 bits per heavy atom. The molecule has 5 heteroatoms. The number of esters is 2. The summed E-state index contributed by atoms with van der Waals surface area (Å²) in [6.45, 7) is 0. The molecule has 0 aliphatic heterocycles. The zero-order valence-corrected chi connectivity index (χ0v) is 11.6. The molecule has 2 atom stereocenters. The summed E-state index contributed by atoms with van der Waals surface area (Å²) in [5.41, 5.74) is 0. The highest BCUT2D eigenvalue weighted by Crippen LogP contribution is 2.31. The summed E-state index contributed by atoms with van der Waals surface area (Å²) in [6, 6.07) is 0. The highest BCUT2D eigenvalue weighted by atomic mass is 16.5. The molecule has 1 aliphatic rings. The smallest absolute Gasteiger partial charge is 0.305 e. The number of methoxy groups -OCH3 is 2. The van der Waals surface area contributed by atoms with Gasteiger partial charge in [0.15, 0.2) is 0 Å². The molecule has 108 valence electrons. The van der Waals surface area contributed by atoms with Gasteiger partial charge in [-0.05, 0) is 25.7 Å². The third-order valence-electron chi connectivity index (χ3n) is 3.76. The maximum absolute atomic E-state index is 12.2. The van der Waals surface area contributed by atoms with Crippen LogP contribution in [0, 0.1) is 11.8 Å². The lowest BCUT2D eigenvalue weighted by Gasteiger charge is -2.27. The Labute approximate surface area is 113 Å². The minimum absolute atomic E-state index is 0.0597. The van der Waals surface area contributed by atoms with Gasteiger partial charge in [-0.1, -0.05) is 6.42 Å². The zero-order valence-electron chi connectivity index (χ0n) is 11.6. The lowest BCUT2D eigenvalue weighted by Crippen LogP contribution is -2.29. The van der Waals surface area contributed by atoms with Gasteiger partial charge < -0.3 is 9.47 Å². The van der Waals surface area contributed by atoms with E-state index in [2.05, 4.69) is 9.47 Å². The lowest BCUT2D eigenvalue weighted by atomic mass is 9.76. The number of ketones is 1. The van der Waals surface area contributed by atoms with Crippen molar-refractivity contribution >= 4 is 17.7 Å². The topological polar surface area (TPSA) is 69.7 Å².